The molecule has 0 aliphatic heterocycles. The average molecular weight is 495 g/mol. The minimum absolute atomic E-state index is 0.0252. The fourth-order valence-corrected chi connectivity index (χ4v) is 5.26. The fraction of sp³-hybridized carbons (Fsp3) is 0.370. The van der Waals surface area contributed by atoms with Gasteiger partial charge in [-0.05, 0) is 53.5 Å². The molecular weight excluding hydrogens is 464 g/mol. The largest absolute Gasteiger partial charge is 0.480 e. The highest BCUT2D eigenvalue weighted by Crippen LogP contribution is 2.44. The van der Waals surface area contributed by atoms with Gasteiger partial charge in [0.2, 0.25) is 5.91 Å². The number of hydrogen-bond acceptors (Lipinski definition) is 5. The molecule has 1 unspecified atom stereocenters. The van der Waals surface area contributed by atoms with E-state index in [0.717, 1.165) is 11.1 Å². The summed E-state index contributed by atoms with van der Waals surface area (Å²) in [5.41, 5.74) is 4.62. The van der Waals surface area contributed by atoms with Crippen LogP contribution in [0.4, 0.5) is 4.79 Å². The van der Waals surface area contributed by atoms with Crippen LogP contribution in [-0.4, -0.2) is 53.8 Å². The Morgan fingerprint density at radius 3 is 2.37 bits per heavy atom. The van der Waals surface area contributed by atoms with E-state index in [1.54, 1.807) is 0 Å². The van der Waals surface area contributed by atoms with Crippen molar-refractivity contribution in [2.45, 2.75) is 37.3 Å². The van der Waals surface area contributed by atoms with E-state index in [-0.39, 0.29) is 24.5 Å². The van der Waals surface area contributed by atoms with Crippen LogP contribution in [0.1, 0.15) is 36.3 Å². The van der Waals surface area contributed by atoms with Gasteiger partial charge in [-0.1, -0.05) is 60.7 Å². The maximum absolute atomic E-state index is 12.7. The van der Waals surface area contributed by atoms with Gasteiger partial charge in [-0.3, -0.25) is 4.79 Å². The molecule has 3 atom stereocenters. The highest BCUT2D eigenvalue weighted by atomic mass is 32.2. The number of hydrogen-bond donors (Lipinski definition) is 3. The second kappa shape index (κ2) is 11.4. The average Bonchev–Trinajstić information content (AvgIpc) is 3.19. The van der Waals surface area contributed by atoms with Gasteiger partial charge in [0, 0.05) is 11.8 Å². The van der Waals surface area contributed by atoms with Crippen molar-refractivity contribution in [3.8, 4) is 11.1 Å². The van der Waals surface area contributed by atoms with Crippen LogP contribution >= 0.6 is 11.8 Å². The van der Waals surface area contributed by atoms with E-state index in [1.807, 2.05) is 42.7 Å². The first-order valence-electron chi connectivity index (χ1n) is 11.8. The normalized spacial score (nSPS) is 19.3. The van der Waals surface area contributed by atoms with E-state index in [2.05, 4.69) is 34.9 Å². The Bertz CT molecular complexity index is 1070. The van der Waals surface area contributed by atoms with Crippen molar-refractivity contribution in [1.82, 2.24) is 10.6 Å². The topological polar surface area (TPSA) is 105 Å². The van der Waals surface area contributed by atoms with Crippen LogP contribution in [0.2, 0.25) is 0 Å². The van der Waals surface area contributed by atoms with E-state index in [1.165, 1.54) is 22.9 Å². The highest BCUT2D eigenvalue weighted by molar-refractivity contribution is 7.98. The molecule has 0 aromatic heterocycles. The number of carboxylic acid groups (broad SMARTS) is 1. The predicted octanol–water partition coefficient (Wildman–Crippen LogP) is 4.18. The second-order valence-corrected chi connectivity index (χ2v) is 9.84. The summed E-state index contributed by atoms with van der Waals surface area (Å²) in [6, 6.07) is 15.0. The van der Waals surface area contributed by atoms with Gasteiger partial charge in [0.25, 0.3) is 0 Å². The maximum atomic E-state index is 12.7. The van der Waals surface area contributed by atoms with Crippen molar-refractivity contribution < 1.29 is 24.2 Å². The summed E-state index contributed by atoms with van der Waals surface area (Å²) in [6.07, 6.45) is 6.32. The first-order chi connectivity index (χ1) is 17.0. The van der Waals surface area contributed by atoms with Crippen molar-refractivity contribution in [3.63, 3.8) is 0 Å². The summed E-state index contributed by atoms with van der Waals surface area (Å²) in [7, 11) is 0. The Morgan fingerprint density at radius 1 is 1.09 bits per heavy atom. The third kappa shape index (κ3) is 5.88. The lowest BCUT2D eigenvalue weighted by atomic mass is 9.90. The van der Waals surface area contributed by atoms with Crippen molar-refractivity contribution in [2.75, 3.05) is 18.6 Å². The highest BCUT2D eigenvalue weighted by Gasteiger charge is 2.31. The summed E-state index contributed by atoms with van der Waals surface area (Å²) < 4.78 is 5.61. The van der Waals surface area contributed by atoms with Crippen LogP contribution < -0.4 is 10.6 Å². The molecule has 8 heteroatoms. The smallest absolute Gasteiger partial charge is 0.407 e. The minimum atomic E-state index is -1.04. The Balaban J connectivity index is 1.31. The van der Waals surface area contributed by atoms with Crippen LogP contribution in [0.3, 0.4) is 0 Å². The van der Waals surface area contributed by atoms with Gasteiger partial charge >= 0.3 is 12.1 Å². The third-order valence-corrected chi connectivity index (χ3v) is 7.21. The summed E-state index contributed by atoms with van der Waals surface area (Å²) in [5.74, 6) is -1.12. The van der Waals surface area contributed by atoms with Crippen molar-refractivity contribution in [2.24, 2.45) is 5.92 Å². The number of rotatable bonds is 9. The van der Waals surface area contributed by atoms with E-state index in [0.29, 0.717) is 25.0 Å². The second-order valence-electron chi connectivity index (χ2n) is 8.85. The number of nitrogens with one attached hydrogen (secondary N) is 2. The minimum Gasteiger partial charge on any atom is -0.480 e. The van der Waals surface area contributed by atoms with Crippen LogP contribution in [0.15, 0.2) is 60.7 Å². The molecule has 0 spiro atoms. The molecule has 2 aromatic rings. The first kappa shape index (κ1) is 24.9. The monoisotopic (exact) mass is 494 g/mol. The molecule has 0 saturated carbocycles. The number of aliphatic carboxylic acids is 1. The molecule has 2 aliphatic rings. The van der Waals surface area contributed by atoms with Gasteiger partial charge in [-0.15, -0.1) is 0 Å². The summed E-state index contributed by atoms with van der Waals surface area (Å²) in [5, 5.41) is 14.9. The number of amides is 2. The van der Waals surface area contributed by atoms with Crippen LogP contribution in [-0.2, 0) is 14.3 Å². The molecule has 184 valence electrons. The van der Waals surface area contributed by atoms with E-state index in [9.17, 15) is 19.5 Å². The van der Waals surface area contributed by atoms with E-state index in [4.69, 9.17) is 4.74 Å². The van der Waals surface area contributed by atoms with Gasteiger partial charge in [0.05, 0.1) is 6.04 Å². The molecule has 0 saturated heterocycles. The van der Waals surface area contributed by atoms with Crippen molar-refractivity contribution in [1.29, 1.82) is 0 Å². The van der Waals surface area contributed by atoms with Crippen LogP contribution in [0.5, 0.6) is 0 Å². The third-order valence-electron chi connectivity index (χ3n) is 6.57. The fourth-order valence-electron chi connectivity index (χ4n) is 4.78. The summed E-state index contributed by atoms with van der Waals surface area (Å²) >= 11 is 1.54. The Labute approximate surface area is 209 Å². The number of benzene rings is 2. The molecule has 35 heavy (non-hydrogen) atoms. The zero-order chi connectivity index (χ0) is 24.8. The van der Waals surface area contributed by atoms with Gasteiger partial charge in [-0.2, -0.15) is 11.8 Å². The van der Waals surface area contributed by atoms with Gasteiger partial charge in [-0.25, -0.2) is 9.59 Å². The van der Waals surface area contributed by atoms with Crippen LogP contribution in [0, 0.1) is 5.92 Å². The Morgan fingerprint density at radius 2 is 1.74 bits per heavy atom. The lowest BCUT2D eigenvalue weighted by Crippen LogP contribution is -2.46. The number of allylic oxidation sites excluding steroid dienone is 1. The molecule has 7 nitrogen and oxygen atoms in total. The number of alkyl carbamates (subject to hydrolysis) is 1. The first-order valence-corrected chi connectivity index (χ1v) is 13.2. The number of ether oxygens (including phenoxy) is 1. The number of carbonyl (C=O) groups is 3. The Hall–Kier alpha value is -3.26. The van der Waals surface area contributed by atoms with Gasteiger partial charge in [0.1, 0.15) is 12.6 Å². The van der Waals surface area contributed by atoms with E-state index >= 15 is 0 Å². The zero-order valence-electron chi connectivity index (χ0n) is 19.6. The molecule has 2 aliphatic carbocycles. The lowest BCUT2D eigenvalue weighted by Gasteiger charge is -2.26. The maximum Gasteiger partial charge on any atom is 0.407 e. The van der Waals surface area contributed by atoms with Crippen molar-refractivity contribution in [3.05, 3.63) is 71.8 Å². The molecule has 4 rings (SSSR count). The number of fused-ring (bicyclic) bond motifs is 3. The number of carboxylic acids is 1. The van der Waals surface area contributed by atoms with Gasteiger partial charge in [0.15, 0.2) is 0 Å². The summed E-state index contributed by atoms with van der Waals surface area (Å²) in [6.45, 7) is 0.218. The molecule has 0 radical (unpaired) electrons. The Kier molecular flexibility index (Phi) is 8.13. The quantitative estimate of drug-likeness (QED) is 0.452. The van der Waals surface area contributed by atoms with Crippen LogP contribution in [0.25, 0.3) is 11.1 Å². The zero-order valence-corrected chi connectivity index (χ0v) is 20.4. The molecule has 3 N–H and O–H groups in total. The number of carbonyl (C=O) groups excluding carboxylic acids is 2. The molecule has 2 amide bonds. The molecule has 0 heterocycles. The van der Waals surface area contributed by atoms with E-state index < -0.39 is 24.0 Å². The lowest BCUT2D eigenvalue weighted by molar-refractivity contribution is -0.142. The SMILES string of the molecule is CSCCC(NC(=O)[C@@H]1CC=C[C@@H](NC(=O)OCC2c3ccccc3-c3ccccc32)C1)C(=O)O. The molecule has 0 bridgehead atoms. The standard InChI is InChI=1S/C27H30N2O5S/c1-35-14-13-24(26(31)32)29-25(30)17-7-6-8-18(15-17)28-27(33)34-16-23-21-11-4-2-9-19(21)20-10-3-5-12-22(20)23/h2-6,8-12,17-18,23-24H,7,13-16H2,1H3,(H,28,33)(H,29,30)(H,31,32)/t17-,18-,24?/m1/s1. The number of thioether (sulfide) groups is 1. The molecular formula is C27H30N2O5S. The summed E-state index contributed by atoms with van der Waals surface area (Å²) in [4.78, 5) is 36.7. The van der Waals surface area contributed by atoms with Gasteiger partial charge < -0.3 is 20.5 Å². The molecule has 0 fully saturated rings. The molecule has 2 aromatic carbocycles. The predicted molar refractivity (Wildman–Crippen MR) is 136 cm³/mol. The van der Waals surface area contributed by atoms with Crippen molar-refractivity contribution >= 4 is 29.7 Å².